The number of carbonyl (C=O) groups excluding carboxylic acids is 1. The summed E-state index contributed by atoms with van der Waals surface area (Å²) < 4.78 is 56.1. The van der Waals surface area contributed by atoms with Crippen LogP contribution in [0.4, 0.5) is 5.69 Å². The summed E-state index contributed by atoms with van der Waals surface area (Å²) in [4.78, 5) is 13.4. The van der Waals surface area contributed by atoms with Crippen LogP contribution in [0.2, 0.25) is 0 Å². The Kier molecular flexibility index (Phi) is 9.28. The minimum atomic E-state index is -3.99. The second kappa shape index (κ2) is 11.9. The molecule has 1 saturated heterocycles. The number of ether oxygens (including phenoxy) is 1. The van der Waals surface area contributed by atoms with Crippen molar-refractivity contribution in [2.24, 2.45) is 11.8 Å². The molecule has 1 aliphatic heterocycles. The molecule has 1 atom stereocenters. The van der Waals surface area contributed by atoms with Crippen molar-refractivity contribution in [3.05, 3.63) is 48.0 Å². The highest BCUT2D eigenvalue weighted by Crippen LogP contribution is 2.32. The van der Waals surface area contributed by atoms with E-state index in [0.717, 1.165) is 24.8 Å². The summed E-state index contributed by atoms with van der Waals surface area (Å²) in [6.45, 7) is 9.48. The van der Waals surface area contributed by atoms with E-state index >= 15 is 0 Å². The number of hydrogen-bond donors (Lipinski definition) is 1. The Labute approximate surface area is 222 Å². The molecule has 0 spiro atoms. The van der Waals surface area contributed by atoms with E-state index in [-0.39, 0.29) is 39.8 Å². The maximum absolute atomic E-state index is 13.8. The number of aryl methyl sites for hydroxylation is 1. The minimum absolute atomic E-state index is 0.0216. The Morgan fingerprint density at radius 3 is 2.24 bits per heavy atom. The summed E-state index contributed by atoms with van der Waals surface area (Å²) in [6.07, 6.45) is 3.72. The van der Waals surface area contributed by atoms with Gasteiger partial charge in [-0.2, -0.15) is 0 Å². The van der Waals surface area contributed by atoms with Crippen LogP contribution in [0.25, 0.3) is 0 Å². The molecule has 0 aromatic heterocycles. The zero-order valence-electron chi connectivity index (χ0n) is 22.4. The third-order valence-corrected chi connectivity index (χ3v) is 9.57. The highest BCUT2D eigenvalue weighted by molar-refractivity contribution is 7.93. The highest BCUT2D eigenvalue weighted by atomic mass is 32.2. The van der Waals surface area contributed by atoms with Gasteiger partial charge in [-0.3, -0.25) is 9.10 Å². The highest BCUT2D eigenvalue weighted by Gasteiger charge is 2.28. The van der Waals surface area contributed by atoms with Gasteiger partial charge in [-0.15, -0.1) is 0 Å². The summed E-state index contributed by atoms with van der Waals surface area (Å²) in [5, 5.41) is 0. The number of amides is 1. The van der Waals surface area contributed by atoms with Crippen molar-refractivity contribution in [1.82, 2.24) is 4.90 Å². The van der Waals surface area contributed by atoms with Crippen LogP contribution < -0.4 is 9.04 Å². The number of hydrogen-bond acceptors (Lipinski definition) is 6. The molecule has 1 amide bonds. The summed E-state index contributed by atoms with van der Waals surface area (Å²) in [6, 6.07) is 11.8. The molecular weight excluding hydrogens is 510 g/mol. The number of nitrogens with zero attached hydrogens (tertiary/aromatic N) is 2. The van der Waals surface area contributed by atoms with Gasteiger partial charge in [-0.25, -0.2) is 17.4 Å². The van der Waals surface area contributed by atoms with Gasteiger partial charge in [0, 0.05) is 32.8 Å². The fourth-order valence-corrected chi connectivity index (χ4v) is 6.99. The predicted molar refractivity (Wildman–Crippen MR) is 147 cm³/mol. The number of anilines is 1. The van der Waals surface area contributed by atoms with E-state index in [2.05, 4.69) is 0 Å². The van der Waals surface area contributed by atoms with Crippen molar-refractivity contribution >= 4 is 31.3 Å². The van der Waals surface area contributed by atoms with Crippen molar-refractivity contribution in [2.75, 3.05) is 36.8 Å². The molecule has 0 bridgehead atoms. The molecule has 0 radical (unpaired) electrons. The predicted octanol–water partition coefficient (Wildman–Crippen LogP) is 4.77. The van der Waals surface area contributed by atoms with Gasteiger partial charge >= 0.3 is 0 Å². The van der Waals surface area contributed by atoms with Crippen molar-refractivity contribution in [3.8, 4) is 5.75 Å². The molecule has 1 aliphatic rings. The van der Waals surface area contributed by atoms with Crippen LogP contribution in [0, 0.1) is 16.6 Å². The molecule has 3 rings (SSSR count). The molecule has 1 fully saturated rings. The quantitative estimate of drug-likeness (QED) is 0.459. The van der Waals surface area contributed by atoms with Crippen LogP contribution in [-0.2, 0) is 31.0 Å². The van der Waals surface area contributed by atoms with Crippen LogP contribution in [-0.4, -0.2) is 55.9 Å². The lowest BCUT2D eigenvalue weighted by molar-refractivity contribution is -0.130. The van der Waals surface area contributed by atoms with E-state index in [1.807, 2.05) is 49.9 Å². The number of benzene rings is 2. The number of piperidine rings is 1. The van der Waals surface area contributed by atoms with Gasteiger partial charge in [0.05, 0.1) is 31.8 Å². The van der Waals surface area contributed by atoms with Crippen LogP contribution in [0.1, 0.15) is 46.1 Å². The Balaban J connectivity index is 1.90. The van der Waals surface area contributed by atoms with Gasteiger partial charge in [0.15, 0.2) is 0 Å². The van der Waals surface area contributed by atoms with Crippen LogP contribution in [0.3, 0.4) is 0 Å². The van der Waals surface area contributed by atoms with E-state index in [1.165, 1.54) is 28.8 Å². The van der Waals surface area contributed by atoms with Gasteiger partial charge in [0.1, 0.15) is 5.75 Å². The molecule has 0 aliphatic carbocycles. The molecule has 1 heterocycles. The summed E-state index contributed by atoms with van der Waals surface area (Å²) in [5.74, 6) is 0.617. The number of carbonyl (C=O) groups is 1. The Morgan fingerprint density at radius 2 is 1.73 bits per heavy atom. The SMILES string of the molecule is CCc1ccc(N(CC(C)C)S(=O)(=O)c2ccc(OCC3CCN(C(C)=O)CC3)c(S(C)(=N)=O)c2)cc1. The number of nitrogens with one attached hydrogen (secondary N) is 1. The molecule has 1 N–H and O–H groups in total. The fourth-order valence-electron chi connectivity index (χ4n) is 4.39. The lowest BCUT2D eigenvalue weighted by Crippen LogP contribution is -2.38. The third-order valence-electron chi connectivity index (χ3n) is 6.62. The van der Waals surface area contributed by atoms with E-state index in [9.17, 15) is 17.4 Å². The summed E-state index contributed by atoms with van der Waals surface area (Å²) >= 11 is 0. The lowest BCUT2D eigenvalue weighted by Gasteiger charge is -2.31. The zero-order chi connectivity index (χ0) is 27.4. The maximum Gasteiger partial charge on any atom is 0.264 e. The first-order chi connectivity index (χ1) is 17.3. The Bertz CT molecular complexity index is 1300. The van der Waals surface area contributed by atoms with Crippen molar-refractivity contribution in [2.45, 2.75) is 56.7 Å². The molecule has 204 valence electrons. The van der Waals surface area contributed by atoms with E-state index < -0.39 is 19.8 Å². The van der Waals surface area contributed by atoms with Crippen molar-refractivity contribution in [3.63, 3.8) is 0 Å². The molecule has 8 nitrogen and oxygen atoms in total. The zero-order valence-corrected chi connectivity index (χ0v) is 24.0. The fraction of sp³-hybridized carbons (Fsp3) is 0.519. The van der Waals surface area contributed by atoms with E-state index in [1.54, 1.807) is 6.92 Å². The summed E-state index contributed by atoms with van der Waals surface area (Å²) in [7, 11) is -7.26. The molecule has 2 aromatic carbocycles. The monoisotopic (exact) mass is 549 g/mol. The number of likely N-dealkylation sites (tertiary alicyclic amines) is 1. The first-order valence-electron chi connectivity index (χ1n) is 12.7. The largest absolute Gasteiger partial charge is 0.492 e. The first kappa shape index (κ1) is 29.0. The first-order valence-corrected chi connectivity index (χ1v) is 16.1. The average Bonchev–Trinajstić information content (AvgIpc) is 2.85. The van der Waals surface area contributed by atoms with E-state index in [4.69, 9.17) is 9.52 Å². The van der Waals surface area contributed by atoms with Gasteiger partial charge in [0.25, 0.3) is 10.0 Å². The Morgan fingerprint density at radius 1 is 1.11 bits per heavy atom. The van der Waals surface area contributed by atoms with Crippen LogP contribution in [0.5, 0.6) is 5.75 Å². The van der Waals surface area contributed by atoms with Crippen molar-refractivity contribution in [1.29, 1.82) is 4.78 Å². The van der Waals surface area contributed by atoms with Gasteiger partial charge in [-0.1, -0.05) is 32.9 Å². The number of sulfonamides is 1. The second-order valence-corrected chi connectivity index (χ2v) is 14.2. The molecular formula is C27H39N3O5S2. The van der Waals surface area contributed by atoms with Crippen LogP contribution >= 0.6 is 0 Å². The lowest BCUT2D eigenvalue weighted by atomic mass is 9.98. The molecule has 2 aromatic rings. The van der Waals surface area contributed by atoms with Crippen molar-refractivity contribution < 1.29 is 22.2 Å². The minimum Gasteiger partial charge on any atom is -0.492 e. The van der Waals surface area contributed by atoms with Gasteiger partial charge < -0.3 is 9.64 Å². The normalized spacial score (nSPS) is 16.4. The second-order valence-electron chi connectivity index (χ2n) is 10.2. The molecule has 10 heteroatoms. The average molecular weight is 550 g/mol. The summed E-state index contributed by atoms with van der Waals surface area (Å²) in [5.41, 5.74) is 1.68. The standard InChI is InChI=1S/C27H39N3O5S2/c1-6-22-7-9-24(10-8-22)30(18-20(2)3)37(33,34)25-11-12-26(27(17-25)36(5,28)32)35-19-23-13-15-29(16-14-23)21(4)31/h7-12,17,20,23,28H,6,13-16,18-19H2,1-5H3. The maximum atomic E-state index is 13.8. The smallest absolute Gasteiger partial charge is 0.264 e. The van der Waals surface area contributed by atoms with Gasteiger partial charge in [0.2, 0.25) is 5.91 Å². The number of rotatable bonds is 10. The molecule has 37 heavy (non-hydrogen) atoms. The Hall–Kier alpha value is -2.59. The molecule has 0 saturated carbocycles. The van der Waals surface area contributed by atoms with Gasteiger partial charge in [-0.05, 0) is 67.0 Å². The molecule has 1 unspecified atom stereocenters. The topological polar surface area (TPSA) is 108 Å². The van der Waals surface area contributed by atoms with Crippen LogP contribution in [0.15, 0.2) is 52.3 Å². The van der Waals surface area contributed by atoms with E-state index in [0.29, 0.717) is 25.4 Å². The third kappa shape index (κ3) is 7.25.